The van der Waals surface area contributed by atoms with E-state index < -0.39 is 0 Å². The topological polar surface area (TPSA) is 77.1 Å². The van der Waals surface area contributed by atoms with Crippen LogP contribution in [0.4, 0.5) is 0 Å². The van der Waals surface area contributed by atoms with E-state index in [1.54, 1.807) is 0 Å². The minimum atomic E-state index is -0.00612. The second-order valence-electron chi connectivity index (χ2n) is 7.55. The van der Waals surface area contributed by atoms with Gasteiger partial charge in [0.1, 0.15) is 5.82 Å². The Hall–Kier alpha value is -1.47. The number of amides is 1. The maximum Gasteiger partial charge on any atom is 0.237 e. The highest BCUT2D eigenvalue weighted by Gasteiger charge is 2.47. The molecule has 1 atom stereocenters. The lowest BCUT2D eigenvalue weighted by molar-refractivity contribution is -0.125. The van der Waals surface area contributed by atoms with Crippen molar-refractivity contribution in [3.05, 3.63) is 11.6 Å². The number of carbonyl (C=O) groups excluding carboxylic acids is 1. The molecular weight excluding hydrogens is 304 g/mol. The number of aromatic amines is 1. The lowest BCUT2D eigenvalue weighted by atomic mass is 9.76. The summed E-state index contributed by atoms with van der Waals surface area (Å²) < 4.78 is 0. The van der Waals surface area contributed by atoms with Gasteiger partial charge in [0.05, 0.1) is 12.6 Å². The molecule has 7 heteroatoms. The van der Waals surface area contributed by atoms with Gasteiger partial charge in [0, 0.05) is 6.54 Å². The first kappa shape index (κ1) is 17.4. The first-order chi connectivity index (χ1) is 11.5. The van der Waals surface area contributed by atoms with Crippen LogP contribution in [0.2, 0.25) is 0 Å². The number of hydrogen-bond acceptors (Lipinski definition) is 5. The molecule has 1 aromatic heterocycles. The number of aryl methyl sites for hydroxylation is 1. The molecule has 2 N–H and O–H groups in total. The van der Waals surface area contributed by atoms with Gasteiger partial charge in [-0.2, -0.15) is 5.10 Å². The molecule has 0 unspecified atom stereocenters. The van der Waals surface area contributed by atoms with E-state index in [0.29, 0.717) is 17.8 Å². The van der Waals surface area contributed by atoms with Gasteiger partial charge in [-0.15, -0.1) is 0 Å². The molecule has 1 aromatic rings. The molecule has 2 aliphatic rings. The first-order valence-electron chi connectivity index (χ1n) is 9.09. The minimum Gasteiger partial charge on any atom is -0.347 e. The van der Waals surface area contributed by atoms with Gasteiger partial charge in [-0.1, -0.05) is 6.92 Å². The van der Waals surface area contributed by atoms with E-state index >= 15 is 0 Å². The monoisotopic (exact) mass is 334 g/mol. The summed E-state index contributed by atoms with van der Waals surface area (Å²) in [5.74, 6) is 1.55. The van der Waals surface area contributed by atoms with Crippen molar-refractivity contribution < 1.29 is 4.79 Å². The number of aromatic nitrogens is 3. The zero-order valence-corrected chi connectivity index (χ0v) is 15.1. The van der Waals surface area contributed by atoms with E-state index in [1.807, 2.05) is 6.92 Å². The maximum absolute atomic E-state index is 12.8. The molecule has 3 rings (SSSR count). The SMILES string of the molecule is CCCN1CC2(CCN(C)CC2)C[C@@H]1C(=O)NCc1n[nH]c(C)n1. The zero-order valence-electron chi connectivity index (χ0n) is 15.1. The molecule has 0 aromatic carbocycles. The predicted octanol–water partition coefficient (Wildman–Crippen LogP) is 0.926. The van der Waals surface area contributed by atoms with Crippen LogP contribution < -0.4 is 5.32 Å². The Balaban J connectivity index is 1.62. The second kappa shape index (κ2) is 7.19. The highest BCUT2D eigenvalue weighted by atomic mass is 16.2. The first-order valence-corrected chi connectivity index (χ1v) is 9.09. The van der Waals surface area contributed by atoms with Crippen LogP contribution in [0.5, 0.6) is 0 Å². The molecule has 7 nitrogen and oxygen atoms in total. The smallest absolute Gasteiger partial charge is 0.237 e. The van der Waals surface area contributed by atoms with E-state index in [9.17, 15) is 4.79 Å². The van der Waals surface area contributed by atoms with E-state index in [0.717, 1.165) is 44.8 Å². The summed E-state index contributed by atoms with van der Waals surface area (Å²) in [4.78, 5) is 21.8. The number of nitrogens with zero attached hydrogens (tertiary/aromatic N) is 4. The predicted molar refractivity (Wildman–Crippen MR) is 92.4 cm³/mol. The number of nitrogens with one attached hydrogen (secondary N) is 2. The Morgan fingerprint density at radius 2 is 2.17 bits per heavy atom. The Morgan fingerprint density at radius 3 is 2.79 bits per heavy atom. The third-order valence-corrected chi connectivity index (χ3v) is 5.53. The molecule has 1 spiro atoms. The Morgan fingerprint density at radius 1 is 1.42 bits per heavy atom. The third kappa shape index (κ3) is 3.78. The van der Waals surface area contributed by atoms with E-state index in [2.05, 4.69) is 44.3 Å². The van der Waals surface area contributed by atoms with Gasteiger partial charge in [-0.3, -0.25) is 14.8 Å². The molecule has 1 amide bonds. The molecule has 134 valence electrons. The van der Waals surface area contributed by atoms with E-state index in [-0.39, 0.29) is 11.9 Å². The second-order valence-corrected chi connectivity index (χ2v) is 7.55. The summed E-state index contributed by atoms with van der Waals surface area (Å²) >= 11 is 0. The largest absolute Gasteiger partial charge is 0.347 e. The minimum absolute atomic E-state index is 0.00612. The molecule has 0 saturated carbocycles. The highest BCUT2D eigenvalue weighted by molar-refractivity contribution is 5.82. The highest BCUT2D eigenvalue weighted by Crippen LogP contribution is 2.43. The zero-order chi connectivity index (χ0) is 17.2. The van der Waals surface area contributed by atoms with Crippen LogP contribution in [0.1, 0.15) is 44.3 Å². The molecule has 2 fully saturated rings. The summed E-state index contributed by atoms with van der Waals surface area (Å²) in [5, 5.41) is 9.94. The van der Waals surface area contributed by atoms with Gasteiger partial charge in [0.15, 0.2) is 5.82 Å². The quantitative estimate of drug-likeness (QED) is 0.837. The van der Waals surface area contributed by atoms with Gasteiger partial charge >= 0.3 is 0 Å². The van der Waals surface area contributed by atoms with Crippen molar-refractivity contribution in [2.24, 2.45) is 5.41 Å². The molecule has 3 heterocycles. The van der Waals surface area contributed by atoms with Crippen LogP contribution in [0.15, 0.2) is 0 Å². The standard InChI is InChI=1S/C17H30N6O/c1-4-7-23-12-17(5-8-22(3)9-6-17)10-14(23)16(24)18-11-15-19-13(2)20-21-15/h14H,4-12H2,1-3H3,(H,18,24)(H,19,20,21)/t14-/m1/s1. The number of carbonyl (C=O) groups is 1. The number of H-pyrrole nitrogens is 1. The molecule has 0 radical (unpaired) electrons. The van der Waals surface area contributed by atoms with Crippen molar-refractivity contribution in [1.82, 2.24) is 30.3 Å². The normalized spacial score (nSPS) is 24.5. The third-order valence-electron chi connectivity index (χ3n) is 5.53. The van der Waals surface area contributed by atoms with Crippen molar-refractivity contribution in [2.45, 2.75) is 52.1 Å². The fourth-order valence-electron chi connectivity index (χ4n) is 4.13. The van der Waals surface area contributed by atoms with Crippen molar-refractivity contribution in [3.8, 4) is 0 Å². The summed E-state index contributed by atoms with van der Waals surface area (Å²) in [6.07, 6.45) is 4.47. The molecule has 0 aliphatic carbocycles. The van der Waals surface area contributed by atoms with Crippen LogP contribution in [-0.2, 0) is 11.3 Å². The van der Waals surface area contributed by atoms with Crippen molar-refractivity contribution in [1.29, 1.82) is 0 Å². The average Bonchev–Trinajstić information content (AvgIpc) is 3.13. The summed E-state index contributed by atoms with van der Waals surface area (Å²) in [6.45, 7) is 8.79. The Kier molecular flexibility index (Phi) is 5.20. The van der Waals surface area contributed by atoms with Crippen molar-refractivity contribution in [3.63, 3.8) is 0 Å². The van der Waals surface area contributed by atoms with Crippen LogP contribution in [0.25, 0.3) is 0 Å². The number of piperidine rings is 1. The fraction of sp³-hybridized carbons (Fsp3) is 0.824. The maximum atomic E-state index is 12.8. The van der Waals surface area contributed by atoms with Crippen molar-refractivity contribution in [2.75, 3.05) is 33.2 Å². The van der Waals surface area contributed by atoms with E-state index in [1.165, 1.54) is 12.8 Å². The van der Waals surface area contributed by atoms with Crippen LogP contribution in [0, 0.1) is 12.3 Å². The van der Waals surface area contributed by atoms with Gasteiger partial charge in [-0.05, 0) is 64.7 Å². The summed E-state index contributed by atoms with van der Waals surface area (Å²) in [5.41, 5.74) is 0.324. The number of hydrogen-bond donors (Lipinski definition) is 2. The van der Waals surface area contributed by atoms with Gasteiger partial charge in [-0.25, -0.2) is 4.98 Å². The molecule has 24 heavy (non-hydrogen) atoms. The number of likely N-dealkylation sites (tertiary alicyclic amines) is 2. The van der Waals surface area contributed by atoms with Crippen molar-refractivity contribution >= 4 is 5.91 Å². The number of rotatable bonds is 5. The molecule has 2 aliphatic heterocycles. The summed E-state index contributed by atoms with van der Waals surface area (Å²) in [7, 11) is 2.19. The average molecular weight is 334 g/mol. The lowest BCUT2D eigenvalue weighted by Gasteiger charge is -2.37. The Bertz CT molecular complexity index is 563. The lowest BCUT2D eigenvalue weighted by Crippen LogP contribution is -2.43. The fourth-order valence-corrected chi connectivity index (χ4v) is 4.13. The van der Waals surface area contributed by atoms with Gasteiger partial charge in [0.25, 0.3) is 0 Å². The summed E-state index contributed by atoms with van der Waals surface area (Å²) in [6, 6.07) is -0.00612. The van der Waals surface area contributed by atoms with Crippen LogP contribution >= 0.6 is 0 Å². The van der Waals surface area contributed by atoms with Gasteiger partial charge < -0.3 is 10.2 Å². The van der Waals surface area contributed by atoms with Gasteiger partial charge in [0.2, 0.25) is 5.91 Å². The molecule has 2 saturated heterocycles. The molecular formula is C17H30N6O. The van der Waals surface area contributed by atoms with E-state index in [4.69, 9.17) is 0 Å². The molecule has 0 bridgehead atoms. The Labute approximate surface area is 144 Å². The van der Waals surface area contributed by atoms with Crippen LogP contribution in [-0.4, -0.2) is 70.2 Å². The van der Waals surface area contributed by atoms with Crippen LogP contribution in [0.3, 0.4) is 0 Å².